The van der Waals surface area contributed by atoms with E-state index in [9.17, 15) is 9.59 Å². The van der Waals surface area contributed by atoms with Crippen LogP contribution in [0.1, 0.15) is 22.5 Å². The van der Waals surface area contributed by atoms with Crippen LogP contribution in [0.2, 0.25) is 0 Å². The third-order valence-corrected chi connectivity index (χ3v) is 3.14. The molecule has 0 bridgehead atoms. The molecule has 0 fully saturated rings. The van der Waals surface area contributed by atoms with Crippen molar-refractivity contribution in [1.82, 2.24) is 0 Å². The lowest BCUT2D eigenvalue weighted by atomic mass is 10.2. The van der Waals surface area contributed by atoms with Gasteiger partial charge in [-0.15, -0.1) is 0 Å². The monoisotopic (exact) mass is 312 g/mol. The number of aryl methyl sites for hydroxylation is 1. The van der Waals surface area contributed by atoms with Crippen molar-refractivity contribution in [3.63, 3.8) is 0 Å². The van der Waals surface area contributed by atoms with Crippen molar-refractivity contribution in [2.45, 2.75) is 13.3 Å². The maximum absolute atomic E-state index is 12.3. The van der Waals surface area contributed by atoms with E-state index in [2.05, 4.69) is 0 Å². The van der Waals surface area contributed by atoms with Gasteiger partial charge in [0.25, 0.3) is 5.91 Å². The molecule has 6 nitrogen and oxygen atoms in total. The Labute approximate surface area is 133 Å². The van der Waals surface area contributed by atoms with Gasteiger partial charge in [-0.05, 0) is 31.2 Å². The molecule has 1 amide bonds. The summed E-state index contributed by atoms with van der Waals surface area (Å²) < 4.78 is 9.86. The number of nitrogens with zero attached hydrogens (tertiary/aromatic N) is 2. The van der Waals surface area contributed by atoms with Crippen LogP contribution in [0.25, 0.3) is 0 Å². The van der Waals surface area contributed by atoms with Crippen LogP contribution in [-0.2, 0) is 9.53 Å². The fourth-order valence-corrected chi connectivity index (χ4v) is 1.96. The van der Waals surface area contributed by atoms with E-state index >= 15 is 0 Å². The van der Waals surface area contributed by atoms with E-state index in [-0.39, 0.29) is 18.7 Å². The summed E-state index contributed by atoms with van der Waals surface area (Å²) >= 11 is 0. The highest BCUT2D eigenvalue weighted by atomic mass is 16.5. The zero-order valence-corrected chi connectivity index (χ0v) is 12.7. The third-order valence-electron chi connectivity index (χ3n) is 3.14. The van der Waals surface area contributed by atoms with Crippen LogP contribution in [0.3, 0.4) is 0 Å². The van der Waals surface area contributed by atoms with Crippen LogP contribution in [0.5, 0.6) is 0 Å². The standard InChI is InChI=1S/C17H16N2O4/c1-13-5-7-14(8-6-13)19(10-3-9-18)16(20)12-23-17(21)15-4-2-11-22-15/h2,4-8,11H,3,10,12H2,1H3. The number of hydrogen-bond donors (Lipinski definition) is 0. The summed E-state index contributed by atoms with van der Waals surface area (Å²) in [6.07, 6.45) is 1.54. The summed E-state index contributed by atoms with van der Waals surface area (Å²) in [6.45, 7) is 1.76. The fraction of sp³-hybridized carbons (Fsp3) is 0.235. The minimum Gasteiger partial charge on any atom is -0.457 e. The first-order valence-electron chi connectivity index (χ1n) is 7.06. The van der Waals surface area contributed by atoms with Crippen molar-refractivity contribution in [1.29, 1.82) is 5.26 Å². The van der Waals surface area contributed by atoms with Crippen LogP contribution in [0.15, 0.2) is 47.1 Å². The Hall–Kier alpha value is -3.07. The summed E-state index contributed by atoms with van der Waals surface area (Å²) in [5.41, 5.74) is 1.72. The van der Waals surface area contributed by atoms with Crippen molar-refractivity contribution in [2.75, 3.05) is 18.1 Å². The van der Waals surface area contributed by atoms with E-state index in [0.717, 1.165) is 5.56 Å². The molecular formula is C17H16N2O4. The SMILES string of the molecule is Cc1ccc(N(CCC#N)C(=O)COC(=O)c2ccco2)cc1. The molecule has 0 atom stereocenters. The maximum atomic E-state index is 12.3. The molecule has 1 aromatic carbocycles. The highest BCUT2D eigenvalue weighted by Crippen LogP contribution is 2.16. The molecule has 2 rings (SSSR count). The number of hydrogen-bond acceptors (Lipinski definition) is 5. The van der Waals surface area contributed by atoms with Crippen LogP contribution >= 0.6 is 0 Å². The molecular weight excluding hydrogens is 296 g/mol. The molecule has 0 aliphatic rings. The number of carbonyl (C=O) groups is 2. The van der Waals surface area contributed by atoms with Crippen LogP contribution in [-0.4, -0.2) is 25.0 Å². The smallest absolute Gasteiger partial charge is 0.374 e. The number of benzene rings is 1. The molecule has 1 aromatic heterocycles. The van der Waals surface area contributed by atoms with Gasteiger partial charge in [-0.25, -0.2) is 4.79 Å². The Morgan fingerprint density at radius 2 is 2.00 bits per heavy atom. The maximum Gasteiger partial charge on any atom is 0.374 e. The zero-order chi connectivity index (χ0) is 16.7. The van der Waals surface area contributed by atoms with E-state index < -0.39 is 18.5 Å². The average molecular weight is 312 g/mol. The minimum atomic E-state index is -0.701. The molecule has 0 spiro atoms. The quantitative estimate of drug-likeness (QED) is 0.766. The molecule has 118 valence electrons. The molecule has 0 radical (unpaired) electrons. The van der Waals surface area contributed by atoms with Crippen molar-refractivity contribution >= 4 is 17.6 Å². The topological polar surface area (TPSA) is 83.5 Å². The first kappa shape index (κ1) is 16.3. The molecule has 0 saturated heterocycles. The van der Waals surface area contributed by atoms with Gasteiger partial charge in [0.2, 0.25) is 5.76 Å². The van der Waals surface area contributed by atoms with E-state index in [1.54, 1.807) is 18.2 Å². The Bertz CT molecular complexity index is 699. The lowest BCUT2D eigenvalue weighted by molar-refractivity contribution is -0.121. The highest BCUT2D eigenvalue weighted by Gasteiger charge is 2.19. The van der Waals surface area contributed by atoms with Crippen molar-refractivity contribution < 1.29 is 18.7 Å². The largest absolute Gasteiger partial charge is 0.457 e. The van der Waals surface area contributed by atoms with Crippen molar-refractivity contribution in [2.24, 2.45) is 0 Å². The molecule has 23 heavy (non-hydrogen) atoms. The number of furan rings is 1. The Morgan fingerprint density at radius 1 is 1.26 bits per heavy atom. The average Bonchev–Trinajstić information content (AvgIpc) is 3.09. The number of amides is 1. The molecule has 0 unspecified atom stereocenters. The first-order valence-corrected chi connectivity index (χ1v) is 7.06. The van der Waals surface area contributed by atoms with Crippen molar-refractivity contribution in [3.8, 4) is 6.07 Å². The molecule has 6 heteroatoms. The van der Waals surface area contributed by atoms with Gasteiger partial charge in [-0.2, -0.15) is 5.26 Å². The number of rotatable bonds is 6. The zero-order valence-electron chi connectivity index (χ0n) is 12.7. The van der Waals surface area contributed by atoms with E-state index in [4.69, 9.17) is 14.4 Å². The summed E-state index contributed by atoms with van der Waals surface area (Å²) in [4.78, 5) is 25.4. The lowest BCUT2D eigenvalue weighted by Crippen LogP contribution is -2.35. The van der Waals surface area contributed by atoms with Gasteiger partial charge in [0.05, 0.1) is 18.8 Å². The lowest BCUT2D eigenvalue weighted by Gasteiger charge is -2.21. The molecule has 2 aromatic rings. The van der Waals surface area contributed by atoms with Gasteiger partial charge < -0.3 is 14.1 Å². The van der Waals surface area contributed by atoms with Crippen LogP contribution in [0, 0.1) is 18.3 Å². The summed E-state index contributed by atoms with van der Waals surface area (Å²) in [5, 5.41) is 8.75. The Morgan fingerprint density at radius 3 is 2.61 bits per heavy atom. The molecule has 0 aliphatic heterocycles. The van der Waals surface area contributed by atoms with Gasteiger partial charge in [-0.3, -0.25) is 4.79 Å². The van der Waals surface area contributed by atoms with E-state index in [1.807, 2.05) is 25.1 Å². The van der Waals surface area contributed by atoms with E-state index in [1.165, 1.54) is 17.2 Å². The predicted octanol–water partition coefficient (Wildman–Crippen LogP) is 2.69. The molecule has 0 saturated carbocycles. The summed E-state index contributed by atoms with van der Waals surface area (Å²) in [5.74, 6) is -1.06. The second-order valence-corrected chi connectivity index (χ2v) is 4.84. The molecule has 0 N–H and O–H groups in total. The fourth-order valence-electron chi connectivity index (χ4n) is 1.96. The van der Waals surface area contributed by atoms with Crippen LogP contribution in [0.4, 0.5) is 5.69 Å². The normalized spacial score (nSPS) is 9.91. The number of nitriles is 1. The second kappa shape index (κ2) is 7.80. The van der Waals surface area contributed by atoms with Crippen LogP contribution < -0.4 is 4.90 Å². The third kappa shape index (κ3) is 4.45. The molecule has 0 aliphatic carbocycles. The predicted molar refractivity (Wildman–Crippen MR) is 82.8 cm³/mol. The second-order valence-electron chi connectivity index (χ2n) is 4.84. The Balaban J connectivity index is 2.03. The first-order chi connectivity index (χ1) is 11.1. The number of carbonyl (C=O) groups excluding carboxylic acids is 2. The summed E-state index contributed by atoms with van der Waals surface area (Å²) in [7, 11) is 0. The summed E-state index contributed by atoms with van der Waals surface area (Å²) in [6, 6.07) is 12.3. The minimum absolute atomic E-state index is 0.0386. The van der Waals surface area contributed by atoms with Gasteiger partial charge in [0, 0.05) is 12.2 Å². The van der Waals surface area contributed by atoms with Gasteiger partial charge in [0.15, 0.2) is 6.61 Å². The highest BCUT2D eigenvalue weighted by molar-refractivity contribution is 5.96. The van der Waals surface area contributed by atoms with Gasteiger partial charge in [-0.1, -0.05) is 17.7 Å². The Kier molecular flexibility index (Phi) is 5.53. The van der Waals surface area contributed by atoms with Gasteiger partial charge >= 0.3 is 5.97 Å². The number of anilines is 1. The molecule has 1 heterocycles. The number of ether oxygens (including phenoxy) is 1. The van der Waals surface area contributed by atoms with Gasteiger partial charge in [0.1, 0.15) is 0 Å². The van der Waals surface area contributed by atoms with Crippen molar-refractivity contribution in [3.05, 3.63) is 54.0 Å². The van der Waals surface area contributed by atoms with E-state index in [0.29, 0.717) is 5.69 Å². The number of esters is 1.